The number of aliphatic hydroxyl groups is 4. The van der Waals surface area contributed by atoms with Gasteiger partial charge >= 0.3 is 11.9 Å². The van der Waals surface area contributed by atoms with Gasteiger partial charge in [0.2, 0.25) is 6.29 Å². The summed E-state index contributed by atoms with van der Waals surface area (Å²) < 4.78 is 22.3. The van der Waals surface area contributed by atoms with Crippen LogP contribution in [0.5, 0.6) is 5.75 Å². The molecule has 4 rings (SSSR count). The molecule has 1 aromatic carbocycles. The Morgan fingerprint density at radius 2 is 1.86 bits per heavy atom. The van der Waals surface area contributed by atoms with E-state index < -0.39 is 79.4 Å². The van der Waals surface area contributed by atoms with Gasteiger partial charge in [0.1, 0.15) is 36.3 Å². The number of carboxylic acid groups (broad SMARTS) is 1. The summed E-state index contributed by atoms with van der Waals surface area (Å²) in [6.45, 7) is 1.10. The van der Waals surface area contributed by atoms with Crippen molar-refractivity contribution in [2.75, 3.05) is 6.61 Å². The van der Waals surface area contributed by atoms with Crippen molar-refractivity contribution in [2.45, 2.75) is 56.4 Å². The standard InChI is InChI=1S/C23H28O12/c1-9-14(33-21(31)10-3-2-4-11(25)5-10)6-12-13(20(29)30)8-32-22(16(9)12)35-23-19(28)18(27)17(26)15(7-24)34-23/h2-5,8-9,12,14-19,22-28H,6-7H2,1H3,(H,29,30)/t9-,12+,14+,15+,16+,17+,18-,19+,22-,23-/m0/s1. The highest BCUT2D eigenvalue weighted by Gasteiger charge is 2.54. The van der Waals surface area contributed by atoms with Gasteiger partial charge in [-0.25, -0.2) is 9.59 Å². The number of rotatable bonds is 6. The number of carbonyl (C=O) groups excluding carboxylic acids is 1. The summed E-state index contributed by atoms with van der Waals surface area (Å²) in [5.41, 5.74) is 0.0952. The number of hydrogen-bond donors (Lipinski definition) is 6. The van der Waals surface area contributed by atoms with Crippen molar-refractivity contribution >= 4 is 11.9 Å². The zero-order valence-corrected chi connectivity index (χ0v) is 18.7. The highest BCUT2D eigenvalue weighted by molar-refractivity contribution is 5.90. The number of benzene rings is 1. The molecule has 10 atom stereocenters. The van der Waals surface area contributed by atoms with Crippen LogP contribution < -0.4 is 0 Å². The molecule has 2 fully saturated rings. The fraction of sp³-hybridized carbons (Fsp3) is 0.565. The van der Waals surface area contributed by atoms with E-state index in [9.17, 15) is 40.2 Å². The Bertz CT molecular complexity index is 977. The van der Waals surface area contributed by atoms with Crippen LogP contribution in [0.1, 0.15) is 23.7 Å². The van der Waals surface area contributed by atoms with Crippen molar-refractivity contribution in [3.63, 3.8) is 0 Å². The van der Waals surface area contributed by atoms with Gasteiger partial charge in [0.05, 0.1) is 24.0 Å². The molecule has 35 heavy (non-hydrogen) atoms. The van der Waals surface area contributed by atoms with Crippen molar-refractivity contribution < 1.29 is 59.2 Å². The molecule has 0 bridgehead atoms. The molecular formula is C23H28O12. The van der Waals surface area contributed by atoms with Crippen molar-refractivity contribution in [1.29, 1.82) is 0 Å². The van der Waals surface area contributed by atoms with Crippen LogP contribution in [0.3, 0.4) is 0 Å². The molecule has 3 aliphatic rings. The molecule has 0 amide bonds. The van der Waals surface area contributed by atoms with Crippen molar-refractivity contribution in [1.82, 2.24) is 0 Å². The third-order valence-corrected chi connectivity index (χ3v) is 6.89. The normalized spacial score (nSPS) is 38.7. The summed E-state index contributed by atoms with van der Waals surface area (Å²) in [5.74, 6) is -3.74. The van der Waals surface area contributed by atoms with E-state index in [0.717, 1.165) is 6.26 Å². The maximum absolute atomic E-state index is 12.6. The number of esters is 1. The molecule has 12 heteroatoms. The minimum absolute atomic E-state index is 0.0357. The zero-order valence-electron chi connectivity index (χ0n) is 18.7. The molecule has 12 nitrogen and oxygen atoms in total. The largest absolute Gasteiger partial charge is 0.508 e. The number of aliphatic carboxylic acids is 1. The predicted molar refractivity (Wildman–Crippen MR) is 114 cm³/mol. The highest BCUT2D eigenvalue weighted by atomic mass is 16.8. The molecule has 0 unspecified atom stereocenters. The predicted octanol–water partition coefficient (Wildman–Crippen LogP) is -0.669. The Labute approximate surface area is 199 Å². The Kier molecular flexibility index (Phi) is 7.31. The monoisotopic (exact) mass is 496 g/mol. The molecule has 0 aromatic heterocycles. The number of carbonyl (C=O) groups is 2. The molecule has 0 radical (unpaired) electrons. The van der Waals surface area contributed by atoms with E-state index in [1.807, 2.05) is 0 Å². The molecule has 1 aromatic rings. The second-order valence-electron chi connectivity index (χ2n) is 8.99. The Hall–Kier alpha value is -2.74. The number of fused-ring (bicyclic) bond motifs is 1. The van der Waals surface area contributed by atoms with E-state index in [1.54, 1.807) is 6.92 Å². The van der Waals surface area contributed by atoms with Gasteiger partial charge in [0.25, 0.3) is 0 Å². The number of phenols is 1. The summed E-state index contributed by atoms with van der Waals surface area (Å²) in [7, 11) is 0. The highest BCUT2D eigenvalue weighted by Crippen LogP contribution is 2.48. The summed E-state index contributed by atoms with van der Waals surface area (Å²) in [5, 5.41) is 59.0. The third-order valence-electron chi connectivity index (χ3n) is 6.89. The number of aromatic hydroxyl groups is 1. The number of hydrogen-bond acceptors (Lipinski definition) is 11. The first-order valence-electron chi connectivity index (χ1n) is 11.2. The van der Waals surface area contributed by atoms with Crippen molar-refractivity contribution in [3.05, 3.63) is 41.7 Å². The maximum Gasteiger partial charge on any atom is 0.338 e. The Morgan fingerprint density at radius 3 is 2.51 bits per heavy atom. The summed E-state index contributed by atoms with van der Waals surface area (Å²) in [4.78, 5) is 24.5. The van der Waals surface area contributed by atoms with E-state index in [-0.39, 0.29) is 23.3 Å². The average Bonchev–Trinajstić information content (AvgIpc) is 3.15. The number of phenolic OH excluding ortho intramolecular Hbond substituents is 1. The van der Waals surface area contributed by atoms with E-state index >= 15 is 0 Å². The van der Waals surface area contributed by atoms with Gasteiger partial charge in [-0.2, -0.15) is 0 Å². The Morgan fingerprint density at radius 1 is 1.11 bits per heavy atom. The lowest BCUT2D eigenvalue weighted by molar-refractivity contribution is -0.342. The van der Waals surface area contributed by atoms with E-state index in [1.165, 1.54) is 24.3 Å². The van der Waals surface area contributed by atoms with Gasteiger partial charge in [0.15, 0.2) is 6.29 Å². The van der Waals surface area contributed by atoms with Crippen LogP contribution in [0, 0.1) is 17.8 Å². The fourth-order valence-electron chi connectivity index (χ4n) is 4.96. The smallest absolute Gasteiger partial charge is 0.338 e. The number of carboxylic acids is 1. The van der Waals surface area contributed by atoms with Crippen molar-refractivity contribution in [2.24, 2.45) is 17.8 Å². The molecule has 2 heterocycles. The molecule has 0 spiro atoms. The van der Waals surface area contributed by atoms with Crippen LogP contribution in [-0.2, 0) is 23.7 Å². The minimum Gasteiger partial charge on any atom is -0.508 e. The van der Waals surface area contributed by atoms with Crippen LogP contribution in [0.4, 0.5) is 0 Å². The van der Waals surface area contributed by atoms with Crippen LogP contribution in [0.2, 0.25) is 0 Å². The first kappa shape index (κ1) is 25.4. The summed E-state index contributed by atoms with van der Waals surface area (Å²) >= 11 is 0. The maximum atomic E-state index is 12.6. The first-order valence-corrected chi connectivity index (χ1v) is 11.2. The molecular weight excluding hydrogens is 468 g/mol. The first-order chi connectivity index (χ1) is 16.6. The average molecular weight is 496 g/mol. The molecule has 192 valence electrons. The van der Waals surface area contributed by atoms with Crippen LogP contribution in [0.15, 0.2) is 36.1 Å². The summed E-state index contributed by atoms with van der Waals surface area (Å²) in [6.07, 6.45) is -8.26. The topological polar surface area (TPSA) is 192 Å². The van der Waals surface area contributed by atoms with E-state index in [4.69, 9.17) is 18.9 Å². The van der Waals surface area contributed by atoms with Crippen molar-refractivity contribution in [3.8, 4) is 5.75 Å². The SMILES string of the molecule is C[C@@H]1[C@H]2[C@H](O[C@@H]3O[C@H](CO)[C@@H](O)[C@H](O)[C@H]3O)OC=C(C(=O)O)[C@H]2C[C@H]1OC(=O)c1cccc(O)c1. The molecule has 2 aliphatic heterocycles. The molecule has 1 aliphatic carbocycles. The second kappa shape index (κ2) is 10.1. The summed E-state index contributed by atoms with van der Waals surface area (Å²) in [6, 6.07) is 5.64. The number of aliphatic hydroxyl groups excluding tert-OH is 4. The van der Waals surface area contributed by atoms with Crippen LogP contribution >= 0.6 is 0 Å². The molecule has 1 saturated heterocycles. The van der Waals surface area contributed by atoms with Gasteiger partial charge in [-0.1, -0.05) is 13.0 Å². The lowest BCUT2D eigenvalue weighted by Crippen LogP contribution is -2.60. The van der Waals surface area contributed by atoms with Gasteiger partial charge in [0, 0.05) is 17.8 Å². The molecule has 6 N–H and O–H groups in total. The second-order valence-corrected chi connectivity index (χ2v) is 8.99. The molecule has 1 saturated carbocycles. The van der Waals surface area contributed by atoms with Crippen LogP contribution in [-0.4, -0.2) is 92.3 Å². The lowest BCUT2D eigenvalue weighted by atomic mass is 9.83. The Balaban J connectivity index is 1.54. The van der Waals surface area contributed by atoms with Crippen LogP contribution in [0.25, 0.3) is 0 Å². The zero-order chi connectivity index (χ0) is 25.4. The third kappa shape index (κ3) is 4.85. The van der Waals surface area contributed by atoms with Gasteiger partial charge in [-0.05, 0) is 24.6 Å². The van der Waals surface area contributed by atoms with E-state index in [2.05, 4.69) is 0 Å². The van der Waals surface area contributed by atoms with Gasteiger partial charge < -0.3 is 49.6 Å². The fourth-order valence-corrected chi connectivity index (χ4v) is 4.96. The minimum atomic E-state index is -1.67. The van der Waals surface area contributed by atoms with Gasteiger partial charge in [-0.15, -0.1) is 0 Å². The quantitative estimate of drug-likeness (QED) is 0.273. The van der Waals surface area contributed by atoms with E-state index in [0.29, 0.717) is 0 Å². The van der Waals surface area contributed by atoms with Gasteiger partial charge in [-0.3, -0.25) is 0 Å². The number of ether oxygens (including phenoxy) is 4. The lowest BCUT2D eigenvalue weighted by Gasteiger charge is -2.43.